The number of amides is 1. The van der Waals surface area contributed by atoms with Gasteiger partial charge in [-0.25, -0.2) is 13.8 Å². The smallest absolute Gasteiger partial charge is 0.419 e. The molecule has 0 aliphatic carbocycles. The fourth-order valence-corrected chi connectivity index (χ4v) is 3.95. The van der Waals surface area contributed by atoms with Gasteiger partial charge in [-0.2, -0.15) is 23.1 Å². The molecule has 2 aliphatic rings. The monoisotopic (exact) mass is 495 g/mol. The van der Waals surface area contributed by atoms with Crippen molar-refractivity contribution < 1.29 is 36.2 Å². The first kappa shape index (κ1) is 23.0. The average molecular weight is 495 g/mol. The number of anilines is 2. The third-order valence-corrected chi connectivity index (χ3v) is 5.63. The SMILES string of the molecule is O=C1CCC(F)(F)CN1c1cc2c3nc(nc2cn1)OCCOc1c(cccc1C(F)(F)F)CN3. The maximum Gasteiger partial charge on any atom is 0.419 e. The summed E-state index contributed by atoms with van der Waals surface area (Å²) in [5.41, 5.74) is -0.396. The Labute approximate surface area is 195 Å². The number of carbonyl (C=O) groups is 1. The molecule has 184 valence electrons. The molecule has 35 heavy (non-hydrogen) atoms. The minimum absolute atomic E-state index is 0.00500. The number of nitrogens with zero attached hydrogens (tertiary/aromatic N) is 4. The van der Waals surface area contributed by atoms with E-state index in [1.54, 1.807) is 0 Å². The normalized spacial score (nSPS) is 18.1. The van der Waals surface area contributed by atoms with Crippen molar-refractivity contribution in [1.29, 1.82) is 0 Å². The van der Waals surface area contributed by atoms with E-state index in [1.807, 2.05) is 0 Å². The minimum Gasteiger partial charge on any atom is -0.489 e. The molecule has 0 unspecified atom stereocenters. The Hall–Kier alpha value is -3.77. The van der Waals surface area contributed by atoms with E-state index in [0.29, 0.717) is 10.9 Å². The quantitative estimate of drug-likeness (QED) is 0.507. The van der Waals surface area contributed by atoms with Gasteiger partial charge >= 0.3 is 12.2 Å². The van der Waals surface area contributed by atoms with Gasteiger partial charge in [0.2, 0.25) is 5.91 Å². The van der Waals surface area contributed by atoms with Gasteiger partial charge in [0.15, 0.2) is 0 Å². The standard InChI is InChI=1S/C22H18F5N5O3/c23-21(24)5-4-17(33)32(11-21)16-8-13-15(10-28-16)30-20-31-19(13)29-9-12-2-1-3-14(22(25,26)27)18(12)34-6-7-35-20/h1-3,8,10H,4-7,9,11H2,(H,29,30,31). The molecule has 8 nitrogen and oxygen atoms in total. The van der Waals surface area contributed by atoms with Crippen LogP contribution in [0.25, 0.3) is 10.9 Å². The third kappa shape index (κ3) is 4.62. The van der Waals surface area contributed by atoms with Crippen molar-refractivity contribution in [2.24, 2.45) is 0 Å². The van der Waals surface area contributed by atoms with Crippen LogP contribution in [0.2, 0.25) is 0 Å². The molecule has 5 rings (SSSR count). The first-order chi connectivity index (χ1) is 16.6. The summed E-state index contributed by atoms with van der Waals surface area (Å²) in [7, 11) is 0. The van der Waals surface area contributed by atoms with E-state index in [2.05, 4.69) is 20.3 Å². The van der Waals surface area contributed by atoms with Crippen molar-refractivity contribution in [2.45, 2.75) is 31.5 Å². The van der Waals surface area contributed by atoms with Gasteiger partial charge in [0.1, 0.15) is 30.6 Å². The Bertz CT molecular complexity index is 1300. The first-order valence-corrected chi connectivity index (χ1v) is 10.7. The number of para-hydroxylation sites is 1. The number of rotatable bonds is 1. The molecule has 1 N–H and O–H groups in total. The zero-order chi connectivity index (χ0) is 24.8. The number of halogens is 5. The minimum atomic E-state index is -4.62. The van der Waals surface area contributed by atoms with Crippen molar-refractivity contribution >= 4 is 28.4 Å². The zero-order valence-electron chi connectivity index (χ0n) is 18.0. The van der Waals surface area contributed by atoms with Crippen LogP contribution in [0, 0.1) is 0 Å². The second-order valence-electron chi connectivity index (χ2n) is 8.09. The van der Waals surface area contributed by atoms with E-state index in [4.69, 9.17) is 9.47 Å². The lowest BCUT2D eigenvalue weighted by atomic mass is 10.1. The summed E-state index contributed by atoms with van der Waals surface area (Å²) < 4.78 is 79.3. The van der Waals surface area contributed by atoms with Crippen LogP contribution >= 0.6 is 0 Å². The maximum absolute atomic E-state index is 13.9. The van der Waals surface area contributed by atoms with E-state index < -0.39 is 36.5 Å². The Balaban J connectivity index is 1.55. The molecular formula is C22H18F5N5O3. The molecule has 2 bridgehead atoms. The van der Waals surface area contributed by atoms with E-state index in [9.17, 15) is 26.7 Å². The van der Waals surface area contributed by atoms with Crippen molar-refractivity contribution in [3.8, 4) is 11.8 Å². The lowest BCUT2D eigenvalue weighted by Gasteiger charge is -2.31. The van der Waals surface area contributed by atoms with E-state index in [0.717, 1.165) is 11.0 Å². The highest BCUT2D eigenvalue weighted by atomic mass is 19.4. The molecular weight excluding hydrogens is 477 g/mol. The van der Waals surface area contributed by atoms with E-state index >= 15 is 0 Å². The third-order valence-electron chi connectivity index (χ3n) is 5.63. The molecule has 13 heteroatoms. The van der Waals surface area contributed by atoms with E-state index in [1.165, 1.54) is 24.4 Å². The van der Waals surface area contributed by atoms with Crippen LogP contribution in [0.1, 0.15) is 24.0 Å². The summed E-state index contributed by atoms with van der Waals surface area (Å²) in [5.74, 6) is -3.69. The molecule has 2 aliphatic heterocycles. The molecule has 0 spiro atoms. The van der Waals surface area contributed by atoms with E-state index in [-0.39, 0.29) is 55.1 Å². The van der Waals surface area contributed by atoms with Crippen molar-refractivity contribution in [2.75, 3.05) is 30.0 Å². The van der Waals surface area contributed by atoms with Crippen LogP contribution in [0.5, 0.6) is 11.8 Å². The summed E-state index contributed by atoms with van der Waals surface area (Å²) in [6.07, 6.45) is -4.18. The summed E-state index contributed by atoms with van der Waals surface area (Å²) in [4.78, 5) is 25.8. The number of carbonyl (C=O) groups excluding carboxylic acids is 1. The molecule has 1 fully saturated rings. The average Bonchev–Trinajstić information content (AvgIpc) is 2.84. The highest BCUT2D eigenvalue weighted by Crippen LogP contribution is 2.39. The molecule has 2 aromatic heterocycles. The molecule has 1 aromatic carbocycles. The van der Waals surface area contributed by atoms with Gasteiger partial charge in [-0.15, -0.1) is 0 Å². The van der Waals surface area contributed by atoms with Crippen molar-refractivity contribution in [3.05, 3.63) is 41.6 Å². The van der Waals surface area contributed by atoms with Crippen LogP contribution in [0.4, 0.5) is 33.6 Å². The van der Waals surface area contributed by atoms with Gasteiger partial charge in [0, 0.05) is 30.3 Å². The summed E-state index contributed by atoms with van der Waals surface area (Å²) >= 11 is 0. The number of alkyl halides is 5. The Morgan fingerprint density at radius 3 is 2.71 bits per heavy atom. The second-order valence-corrected chi connectivity index (χ2v) is 8.09. The number of pyridine rings is 1. The van der Waals surface area contributed by atoms with Gasteiger partial charge in [0.25, 0.3) is 5.92 Å². The number of hydrogen-bond donors (Lipinski definition) is 1. The Kier molecular flexibility index (Phi) is 5.56. The predicted molar refractivity (Wildman–Crippen MR) is 114 cm³/mol. The highest BCUT2D eigenvalue weighted by molar-refractivity contribution is 5.97. The topological polar surface area (TPSA) is 89.5 Å². The van der Waals surface area contributed by atoms with Crippen LogP contribution in [-0.4, -0.2) is 46.5 Å². The lowest BCUT2D eigenvalue weighted by molar-refractivity contribution is -0.139. The number of ether oxygens (including phenoxy) is 2. The number of nitrogens with one attached hydrogen (secondary N) is 1. The fraction of sp³-hybridized carbons (Fsp3) is 0.364. The Morgan fingerprint density at radius 1 is 1.11 bits per heavy atom. The fourth-order valence-electron chi connectivity index (χ4n) is 3.95. The zero-order valence-corrected chi connectivity index (χ0v) is 18.0. The van der Waals surface area contributed by atoms with Crippen LogP contribution in [0.15, 0.2) is 30.5 Å². The lowest BCUT2D eigenvalue weighted by Crippen LogP contribution is -2.46. The predicted octanol–water partition coefficient (Wildman–Crippen LogP) is 4.19. The van der Waals surface area contributed by atoms with Crippen LogP contribution in [-0.2, 0) is 17.5 Å². The number of hydrogen-bond acceptors (Lipinski definition) is 7. The van der Waals surface area contributed by atoms with Gasteiger partial charge in [0.05, 0.1) is 23.8 Å². The molecule has 1 amide bonds. The van der Waals surface area contributed by atoms with Crippen LogP contribution < -0.4 is 19.7 Å². The van der Waals surface area contributed by atoms with Crippen molar-refractivity contribution in [3.63, 3.8) is 0 Å². The number of aromatic nitrogens is 3. The molecule has 3 aromatic rings. The number of piperidine rings is 1. The number of fused-ring (bicyclic) bond motifs is 5. The number of benzene rings is 1. The Morgan fingerprint density at radius 2 is 1.91 bits per heavy atom. The van der Waals surface area contributed by atoms with Gasteiger partial charge in [-0.05, 0) is 12.1 Å². The summed E-state index contributed by atoms with van der Waals surface area (Å²) in [6, 6.07) is 5.02. The molecule has 1 saturated heterocycles. The summed E-state index contributed by atoms with van der Waals surface area (Å²) in [5, 5.41) is 3.29. The molecule has 0 radical (unpaired) electrons. The van der Waals surface area contributed by atoms with Gasteiger partial charge in [-0.3, -0.25) is 9.69 Å². The first-order valence-electron chi connectivity index (χ1n) is 10.7. The van der Waals surface area contributed by atoms with Gasteiger partial charge < -0.3 is 14.8 Å². The molecule has 4 heterocycles. The van der Waals surface area contributed by atoms with Crippen LogP contribution in [0.3, 0.4) is 0 Å². The maximum atomic E-state index is 13.9. The second kappa shape index (κ2) is 8.47. The van der Waals surface area contributed by atoms with Gasteiger partial charge in [-0.1, -0.05) is 12.1 Å². The molecule has 0 saturated carbocycles. The highest BCUT2D eigenvalue weighted by Gasteiger charge is 2.40. The summed E-state index contributed by atoms with van der Waals surface area (Å²) in [6.45, 7) is -1.21. The largest absolute Gasteiger partial charge is 0.489 e. The van der Waals surface area contributed by atoms with Crippen molar-refractivity contribution in [1.82, 2.24) is 15.0 Å². The molecule has 0 atom stereocenters.